The summed E-state index contributed by atoms with van der Waals surface area (Å²) in [6, 6.07) is 7.59. The summed E-state index contributed by atoms with van der Waals surface area (Å²) in [5.41, 5.74) is 1.73. The number of rotatable bonds is 5. The topological polar surface area (TPSA) is 80.9 Å². The minimum Gasteiger partial charge on any atom is -0.411 e. The van der Waals surface area contributed by atoms with Crippen LogP contribution in [0.1, 0.15) is 26.5 Å². The second-order valence-corrected chi connectivity index (χ2v) is 9.12. The maximum atomic E-state index is 12.1. The highest BCUT2D eigenvalue weighted by molar-refractivity contribution is 9.10. The zero-order chi connectivity index (χ0) is 18.7. The van der Waals surface area contributed by atoms with E-state index in [1.807, 2.05) is 29.6 Å². The van der Waals surface area contributed by atoms with Gasteiger partial charge in [0, 0.05) is 15.3 Å². The molecule has 0 atom stereocenters. The van der Waals surface area contributed by atoms with Gasteiger partial charge in [-0.25, -0.2) is 4.98 Å². The van der Waals surface area contributed by atoms with E-state index < -0.39 is 0 Å². The Kier molecular flexibility index (Phi) is 5.79. The van der Waals surface area contributed by atoms with Crippen molar-refractivity contribution >= 4 is 50.1 Å². The summed E-state index contributed by atoms with van der Waals surface area (Å²) in [7, 11) is 0. The van der Waals surface area contributed by atoms with E-state index in [4.69, 9.17) is 4.42 Å². The summed E-state index contributed by atoms with van der Waals surface area (Å²) in [6.07, 6.45) is 0. The zero-order valence-corrected chi connectivity index (χ0v) is 17.7. The van der Waals surface area contributed by atoms with Crippen LogP contribution in [0.25, 0.3) is 11.5 Å². The highest BCUT2D eigenvalue weighted by Gasteiger charge is 2.18. The molecule has 0 fully saturated rings. The summed E-state index contributed by atoms with van der Waals surface area (Å²) >= 11 is 6.06. The lowest BCUT2D eigenvalue weighted by Crippen LogP contribution is -2.15. The molecule has 0 spiro atoms. The van der Waals surface area contributed by atoms with Gasteiger partial charge in [0.2, 0.25) is 11.8 Å². The zero-order valence-electron chi connectivity index (χ0n) is 14.4. The molecular weight excluding hydrogens is 436 g/mol. The SMILES string of the molecule is CC(C)(C)c1csc(NC(=O)CSc2nnc(-c3ccccc3Br)o2)n1. The standard InChI is InChI=1S/C17H17BrN4O2S2/c1-17(2,3)12-8-25-15(19-12)20-13(23)9-26-16-22-21-14(24-16)10-6-4-5-7-11(10)18/h4-8H,9H2,1-3H3,(H,19,20,23). The Morgan fingerprint density at radius 1 is 1.31 bits per heavy atom. The van der Waals surface area contributed by atoms with Crippen LogP contribution < -0.4 is 5.32 Å². The van der Waals surface area contributed by atoms with Crippen molar-refractivity contribution in [2.45, 2.75) is 31.4 Å². The average molecular weight is 453 g/mol. The summed E-state index contributed by atoms with van der Waals surface area (Å²) in [5, 5.41) is 13.7. The van der Waals surface area contributed by atoms with Crippen molar-refractivity contribution < 1.29 is 9.21 Å². The van der Waals surface area contributed by atoms with Crippen LogP contribution >= 0.6 is 39.0 Å². The minimum atomic E-state index is -0.162. The number of thiazole rings is 1. The van der Waals surface area contributed by atoms with Crippen LogP contribution in [0.2, 0.25) is 0 Å². The van der Waals surface area contributed by atoms with Gasteiger partial charge in [0.25, 0.3) is 5.22 Å². The Bertz CT molecular complexity index is 917. The lowest BCUT2D eigenvalue weighted by molar-refractivity contribution is -0.113. The maximum absolute atomic E-state index is 12.1. The Balaban J connectivity index is 1.57. The number of aromatic nitrogens is 3. The van der Waals surface area contributed by atoms with E-state index in [1.54, 1.807) is 0 Å². The molecule has 0 aliphatic heterocycles. The Hall–Kier alpha value is -1.71. The smallest absolute Gasteiger partial charge is 0.277 e. The van der Waals surface area contributed by atoms with E-state index in [2.05, 4.69) is 57.2 Å². The molecule has 0 saturated heterocycles. The first-order valence-corrected chi connectivity index (χ1v) is 10.5. The molecule has 0 aliphatic rings. The monoisotopic (exact) mass is 452 g/mol. The van der Waals surface area contributed by atoms with Crippen LogP contribution in [0.3, 0.4) is 0 Å². The first-order valence-electron chi connectivity index (χ1n) is 7.80. The lowest BCUT2D eigenvalue weighted by Gasteiger charge is -2.14. The second-order valence-electron chi connectivity index (χ2n) is 6.48. The molecule has 1 amide bonds. The van der Waals surface area contributed by atoms with Crippen molar-refractivity contribution in [2.75, 3.05) is 11.1 Å². The Morgan fingerprint density at radius 3 is 2.77 bits per heavy atom. The maximum Gasteiger partial charge on any atom is 0.277 e. The molecule has 1 N–H and O–H groups in total. The van der Waals surface area contributed by atoms with Gasteiger partial charge in [0.1, 0.15) is 0 Å². The van der Waals surface area contributed by atoms with E-state index in [9.17, 15) is 4.79 Å². The van der Waals surface area contributed by atoms with Gasteiger partial charge in [-0.1, -0.05) is 44.7 Å². The van der Waals surface area contributed by atoms with E-state index in [0.717, 1.165) is 15.7 Å². The molecule has 0 bridgehead atoms. The predicted octanol–water partition coefficient (Wildman–Crippen LogP) is 4.98. The molecule has 1 aromatic carbocycles. The lowest BCUT2D eigenvalue weighted by atomic mass is 9.93. The number of carbonyl (C=O) groups is 1. The van der Waals surface area contributed by atoms with E-state index in [1.165, 1.54) is 23.1 Å². The fourth-order valence-electron chi connectivity index (χ4n) is 1.97. The molecule has 0 unspecified atom stereocenters. The van der Waals surface area contributed by atoms with Crippen LogP contribution in [0, 0.1) is 0 Å². The van der Waals surface area contributed by atoms with Crippen LogP contribution in [-0.4, -0.2) is 26.8 Å². The quantitative estimate of drug-likeness (QED) is 0.549. The largest absolute Gasteiger partial charge is 0.411 e. The normalized spacial score (nSPS) is 11.5. The van der Waals surface area contributed by atoms with Gasteiger partial charge in [-0.15, -0.1) is 21.5 Å². The summed E-state index contributed by atoms with van der Waals surface area (Å²) in [6.45, 7) is 6.26. The van der Waals surface area contributed by atoms with Crippen molar-refractivity contribution in [3.8, 4) is 11.5 Å². The average Bonchev–Trinajstić information content (AvgIpc) is 3.22. The first-order chi connectivity index (χ1) is 12.3. The van der Waals surface area contributed by atoms with Gasteiger partial charge in [0.15, 0.2) is 5.13 Å². The Labute approximate surface area is 167 Å². The number of thioether (sulfide) groups is 1. The van der Waals surface area contributed by atoms with Crippen molar-refractivity contribution in [3.05, 3.63) is 39.8 Å². The number of nitrogens with zero attached hydrogens (tertiary/aromatic N) is 3. The fraction of sp³-hybridized carbons (Fsp3) is 0.294. The van der Waals surface area contributed by atoms with Crippen LogP contribution in [0.5, 0.6) is 0 Å². The first kappa shape index (κ1) is 19.1. The molecule has 2 heterocycles. The van der Waals surface area contributed by atoms with Gasteiger partial charge >= 0.3 is 0 Å². The molecule has 0 aliphatic carbocycles. The third-order valence-electron chi connectivity index (χ3n) is 3.36. The molecule has 0 saturated carbocycles. The van der Waals surface area contributed by atoms with Gasteiger partial charge < -0.3 is 9.73 Å². The number of hydrogen-bond donors (Lipinski definition) is 1. The second kappa shape index (κ2) is 7.89. The highest BCUT2D eigenvalue weighted by Crippen LogP contribution is 2.29. The Morgan fingerprint density at radius 2 is 2.08 bits per heavy atom. The van der Waals surface area contributed by atoms with Crippen LogP contribution in [-0.2, 0) is 10.2 Å². The number of amides is 1. The summed E-state index contributed by atoms with van der Waals surface area (Å²) < 4.78 is 6.49. The summed E-state index contributed by atoms with van der Waals surface area (Å²) in [4.78, 5) is 16.6. The van der Waals surface area contributed by atoms with Gasteiger partial charge in [-0.3, -0.25) is 4.79 Å². The number of nitrogens with one attached hydrogen (secondary N) is 1. The van der Waals surface area contributed by atoms with Crippen LogP contribution in [0.15, 0.2) is 43.8 Å². The minimum absolute atomic E-state index is 0.0416. The predicted molar refractivity (Wildman–Crippen MR) is 108 cm³/mol. The number of anilines is 1. The number of carbonyl (C=O) groups excluding carboxylic acids is 1. The third-order valence-corrected chi connectivity index (χ3v) is 5.62. The molecule has 6 nitrogen and oxygen atoms in total. The van der Waals surface area contributed by atoms with E-state index >= 15 is 0 Å². The van der Waals surface area contributed by atoms with Crippen LogP contribution in [0.4, 0.5) is 5.13 Å². The molecular formula is C17H17BrN4O2S2. The number of benzene rings is 1. The van der Waals surface area contributed by atoms with Gasteiger partial charge in [0.05, 0.1) is 17.0 Å². The highest BCUT2D eigenvalue weighted by atomic mass is 79.9. The molecule has 2 aromatic heterocycles. The molecule has 136 valence electrons. The molecule has 9 heteroatoms. The van der Waals surface area contributed by atoms with Gasteiger partial charge in [-0.05, 0) is 28.1 Å². The summed E-state index contributed by atoms with van der Waals surface area (Å²) in [5.74, 6) is 0.419. The van der Waals surface area contributed by atoms with Crippen molar-refractivity contribution in [1.29, 1.82) is 0 Å². The number of hydrogen-bond acceptors (Lipinski definition) is 7. The molecule has 3 aromatic rings. The molecule has 0 radical (unpaired) electrons. The molecule has 26 heavy (non-hydrogen) atoms. The van der Waals surface area contributed by atoms with E-state index in [0.29, 0.717) is 16.2 Å². The van der Waals surface area contributed by atoms with Crippen molar-refractivity contribution in [3.63, 3.8) is 0 Å². The van der Waals surface area contributed by atoms with Crippen molar-refractivity contribution in [1.82, 2.24) is 15.2 Å². The van der Waals surface area contributed by atoms with Gasteiger partial charge in [-0.2, -0.15) is 0 Å². The fourth-order valence-corrected chi connectivity index (χ4v) is 3.94. The third kappa shape index (κ3) is 4.72. The van der Waals surface area contributed by atoms with Crippen molar-refractivity contribution in [2.24, 2.45) is 0 Å². The number of halogens is 1. The van der Waals surface area contributed by atoms with E-state index in [-0.39, 0.29) is 17.1 Å². The molecule has 3 rings (SSSR count).